The van der Waals surface area contributed by atoms with Crippen molar-refractivity contribution in [2.24, 2.45) is 0 Å². The zero-order chi connectivity index (χ0) is 51.8. The van der Waals surface area contributed by atoms with Crippen molar-refractivity contribution < 1.29 is 103 Å². The van der Waals surface area contributed by atoms with Gasteiger partial charge >= 0.3 is 0 Å². The molecule has 15 heteroatoms. The van der Waals surface area contributed by atoms with Crippen molar-refractivity contribution in [2.45, 2.75) is 26.2 Å². The van der Waals surface area contributed by atoms with Crippen LogP contribution in [0.5, 0.6) is 0 Å². The SMILES string of the molecule is Nc1cc[n+](Cc2ccc(/C=C\c3ccc(C[n+]4ccc(N)c5ccccc54)cc3)cc2)c2ccccc12.Nc1cc[n+](Cc2ccc(/C=C\c3ccc(C[n+]4ccc(N)c5ccccc54)cc3)cc2)c2ccccc12.O.O.O.[Br-].[Br-].[Br-].[Br-]. The average Bonchev–Trinajstić information content (AvgIpc) is 3.60. The standard InChI is InChI=1S/2C34H28N4.4BrH.3H2O/c2*35-31-19-21-37(33-7-3-1-5-29(31)33)23-27-15-11-25(12-16-27)9-10-26-13-17-28(18-14-26)24-38-22-20-32(36)30-6-2-4-8-34(30)38;;;;;;;/h2*1-22,35-36H,23-24H2;4*1H;3*1H2/b2*10-9-;;;;;;;. The van der Waals surface area contributed by atoms with Crippen molar-refractivity contribution in [3.05, 3.63) is 288 Å². The normalized spacial score (nSPS) is 10.5. The van der Waals surface area contributed by atoms with E-state index in [9.17, 15) is 0 Å². The van der Waals surface area contributed by atoms with Gasteiger partial charge in [0.2, 0.25) is 22.1 Å². The summed E-state index contributed by atoms with van der Waals surface area (Å²) in [5.41, 5.74) is 42.1. The van der Waals surface area contributed by atoms with E-state index in [1.54, 1.807) is 0 Å². The number of hydrogen-bond acceptors (Lipinski definition) is 4. The second-order valence-electron chi connectivity index (χ2n) is 19.3. The highest BCUT2D eigenvalue weighted by molar-refractivity contribution is 5.90. The molecule has 0 radical (unpaired) electrons. The lowest BCUT2D eigenvalue weighted by molar-refractivity contribution is -0.662. The van der Waals surface area contributed by atoms with Gasteiger partial charge in [0.1, 0.15) is 0 Å². The lowest BCUT2D eigenvalue weighted by Gasteiger charge is -2.05. The van der Waals surface area contributed by atoms with Crippen LogP contribution in [0.2, 0.25) is 0 Å². The second kappa shape index (κ2) is 31.4. The second-order valence-corrected chi connectivity index (χ2v) is 19.3. The fourth-order valence-electron chi connectivity index (χ4n) is 9.89. The number of aromatic nitrogens is 4. The Morgan fingerprint density at radius 1 is 0.241 bits per heavy atom. The molecule has 0 saturated heterocycles. The van der Waals surface area contributed by atoms with E-state index in [2.05, 4.69) is 237 Å². The van der Waals surface area contributed by atoms with E-state index < -0.39 is 0 Å². The number of nitrogens with zero attached hydrogens (tertiary/aromatic N) is 4. The first kappa shape index (κ1) is 67.4. The Morgan fingerprint density at radius 3 is 0.614 bits per heavy atom. The molecule has 8 aromatic carbocycles. The van der Waals surface area contributed by atoms with Gasteiger partial charge in [-0.1, -0.05) is 170 Å². The van der Waals surface area contributed by atoms with Gasteiger partial charge in [-0.05, 0) is 46.5 Å². The smallest absolute Gasteiger partial charge is 0.214 e. The first-order valence-corrected chi connectivity index (χ1v) is 25.7. The molecule has 424 valence electrons. The lowest BCUT2D eigenvalue weighted by Crippen LogP contribution is -3.00. The van der Waals surface area contributed by atoms with Crippen LogP contribution >= 0.6 is 0 Å². The molecule has 4 aromatic heterocycles. The molecule has 12 rings (SSSR count). The number of pyridine rings is 4. The van der Waals surface area contributed by atoms with E-state index in [-0.39, 0.29) is 84.4 Å². The van der Waals surface area contributed by atoms with Crippen LogP contribution in [0.25, 0.3) is 67.9 Å². The molecule has 0 fully saturated rings. The largest absolute Gasteiger partial charge is 1.00 e. The van der Waals surface area contributed by atoms with Crippen molar-refractivity contribution >= 4 is 90.7 Å². The predicted molar refractivity (Wildman–Crippen MR) is 325 cm³/mol. The third kappa shape index (κ3) is 16.1. The summed E-state index contributed by atoms with van der Waals surface area (Å²) < 4.78 is 8.96. The number of halogens is 4. The maximum atomic E-state index is 6.16. The molecule has 0 bridgehead atoms. The molecule has 4 heterocycles. The molecule has 0 aliphatic rings. The van der Waals surface area contributed by atoms with Gasteiger partial charge in [-0.3, -0.25) is 0 Å². The molecule has 0 saturated carbocycles. The van der Waals surface area contributed by atoms with Crippen molar-refractivity contribution in [3.8, 4) is 0 Å². The van der Waals surface area contributed by atoms with Crippen molar-refractivity contribution in [1.82, 2.24) is 0 Å². The van der Waals surface area contributed by atoms with Crippen molar-refractivity contribution in [2.75, 3.05) is 22.9 Å². The first-order valence-electron chi connectivity index (χ1n) is 25.7. The van der Waals surface area contributed by atoms with Gasteiger partial charge < -0.3 is 107 Å². The number of nitrogens with two attached hydrogens (primary N) is 4. The van der Waals surface area contributed by atoms with E-state index in [0.717, 1.165) is 92.5 Å². The summed E-state index contributed by atoms with van der Waals surface area (Å²) in [5.74, 6) is 0. The van der Waals surface area contributed by atoms with Crippen molar-refractivity contribution in [1.29, 1.82) is 0 Å². The molecule has 0 aliphatic heterocycles. The van der Waals surface area contributed by atoms with Crippen LogP contribution in [0.1, 0.15) is 44.5 Å². The van der Waals surface area contributed by atoms with Crippen LogP contribution in [-0.2, 0) is 26.2 Å². The monoisotopic (exact) mass is 1360 g/mol. The zero-order valence-electron chi connectivity index (χ0n) is 45.3. The van der Waals surface area contributed by atoms with Crippen LogP contribution in [0, 0.1) is 0 Å². The molecule has 0 atom stereocenters. The third-order valence-corrected chi connectivity index (χ3v) is 14.1. The minimum Gasteiger partial charge on any atom is -1.00 e. The molecule has 14 N–H and O–H groups in total. The maximum absolute atomic E-state index is 6.16. The van der Waals surface area contributed by atoms with E-state index in [0.29, 0.717) is 0 Å². The van der Waals surface area contributed by atoms with Crippen LogP contribution in [0.15, 0.2) is 243 Å². The molecule has 0 spiro atoms. The summed E-state index contributed by atoms with van der Waals surface area (Å²) in [6, 6.07) is 75.8. The lowest BCUT2D eigenvalue weighted by atomic mass is 10.1. The Hall–Kier alpha value is -8.12. The molecule has 12 aromatic rings. The minimum absolute atomic E-state index is 0. The minimum atomic E-state index is 0. The number of benzene rings is 8. The molecule has 0 aliphatic carbocycles. The van der Waals surface area contributed by atoms with Crippen molar-refractivity contribution in [3.63, 3.8) is 0 Å². The summed E-state index contributed by atoms with van der Waals surface area (Å²) in [6.45, 7) is 3.20. The van der Waals surface area contributed by atoms with E-state index in [1.165, 1.54) is 44.5 Å². The summed E-state index contributed by atoms with van der Waals surface area (Å²) in [6.07, 6.45) is 16.9. The predicted octanol–water partition coefficient (Wildman–Crippen LogP) is -2.46. The number of rotatable bonds is 12. The fraction of sp³-hybridized carbons (Fsp3) is 0.0588. The highest BCUT2D eigenvalue weighted by Gasteiger charge is 2.15. The molecule has 0 unspecified atom stereocenters. The number of para-hydroxylation sites is 4. The number of hydrogen-bond donors (Lipinski definition) is 4. The van der Waals surface area contributed by atoms with E-state index >= 15 is 0 Å². The van der Waals surface area contributed by atoms with Gasteiger partial charge in [0.15, 0.2) is 51.0 Å². The molecule has 83 heavy (non-hydrogen) atoms. The van der Waals surface area contributed by atoms with E-state index in [4.69, 9.17) is 22.9 Å². The number of nitrogen functional groups attached to an aromatic ring is 4. The van der Waals surface area contributed by atoms with Gasteiger partial charge in [-0.15, -0.1) is 0 Å². The summed E-state index contributed by atoms with van der Waals surface area (Å²) in [7, 11) is 0. The van der Waals surface area contributed by atoms with Gasteiger partial charge in [-0.25, -0.2) is 0 Å². The first-order chi connectivity index (χ1) is 37.3. The molecule has 11 nitrogen and oxygen atoms in total. The van der Waals surface area contributed by atoms with Crippen LogP contribution in [0.3, 0.4) is 0 Å². The Morgan fingerprint density at radius 2 is 0.422 bits per heavy atom. The Bertz CT molecular complexity index is 3580. The number of anilines is 4. The molecular weight excluding hydrogens is 1300 g/mol. The van der Waals surface area contributed by atoms with Crippen LogP contribution in [0.4, 0.5) is 22.7 Å². The van der Waals surface area contributed by atoms with Crippen LogP contribution < -0.4 is 109 Å². The summed E-state index contributed by atoms with van der Waals surface area (Å²) in [4.78, 5) is 0. The topological polar surface area (TPSA) is 214 Å². The average molecular weight is 1360 g/mol. The Labute approximate surface area is 526 Å². The highest BCUT2D eigenvalue weighted by Crippen LogP contribution is 2.22. The quantitative estimate of drug-likeness (QED) is 0.0775. The third-order valence-electron chi connectivity index (χ3n) is 14.1. The maximum Gasteiger partial charge on any atom is 0.214 e. The van der Waals surface area contributed by atoms with Gasteiger partial charge in [0, 0.05) is 70.8 Å². The summed E-state index contributed by atoms with van der Waals surface area (Å²) >= 11 is 0. The molecule has 0 amide bonds. The van der Waals surface area contributed by atoms with E-state index in [1.807, 2.05) is 48.5 Å². The van der Waals surface area contributed by atoms with Gasteiger partial charge in [0.05, 0.1) is 44.3 Å². The Balaban J connectivity index is 0.000000329. The number of fused-ring (bicyclic) bond motifs is 4. The summed E-state index contributed by atoms with van der Waals surface area (Å²) in [5, 5.41) is 4.34. The zero-order valence-corrected chi connectivity index (χ0v) is 51.7. The van der Waals surface area contributed by atoms with Crippen LogP contribution in [-0.4, -0.2) is 16.4 Å². The fourth-order valence-corrected chi connectivity index (χ4v) is 9.89. The van der Waals surface area contributed by atoms with Gasteiger partial charge in [-0.2, -0.15) is 18.3 Å². The highest BCUT2D eigenvalue weighted by atomic mass is 79.9. The Kier molecular flexibility index (Phi) is 25.5. The van der Waals surface area contributed by atoms with Gasteiger partial charge in [0.25, 0.3) is 0 Å². The molecular formula is C68H66Br4N8O3.